The van der Waals surface area contributed by atoms with Crippen molar-refractivity contribution in [3.8, 4) is 11.5 Å². The van der Waals surface area contributed by atoms with E-state index in [9.17, 15) is 0 Å². The van der Waals surface area contributed by atoms with Crippen molar-refractivity contribution >= 4 is 23.7 Å². The maximum absolute atomic E-state index is 6.33. The standard InChI is InChI=1S/C34H45Cl2NO2.Ti/c1-31(2,3)21-17-23(29(38-35)25(19-21)33(7,8)9)28(27-15-13-14-16-37-27)24-18-22(32(4,5)6)20-26(30(24)39-36)34(10,11)12;/h13-20,28H,1-12H3;. The van der Waals surface area contributed by atoms with E-state index in [1.54, 1.807) is 0 Å². The van der Waals surface area contributed by atoms with Crippen LogP contribution in [0.4, 0.5) is 0 Å². The van der Waals surface area contributed by atoms with E-state index in [1.165, 1.54) is 11.1 Å². The minimum Gasteiger partial charge on any atom is -0.385 e. The molecule has 0 unspecified atom stereocenters. The van der Waals surface area contributed by atoms with E-state index in [-0.39, 0.29) is 49.3 Å². The van der Waals surface area contributed by atoms with Gasteiger partial charge < -0.3 is 8.58 Å². The Morgan fingerprint density at radius 3 is 1.27 bits per heavy atom. The summed E-state index contributed by atoms with van der Waals surface area (Å²) in [5, 5.41) is 0. The summed E-state index contributed by atoms with van der Waals surface area (Å²) in [7, 11) is 0. The number of benzene rings is 2. The van der Waals surface area contributed by atoms with Gasteiger partial charge in [-0.05, 0) is 44.9 Å². The fourth-order valence-corrected chi connectivity index (χ4v) is 5.26. The van der Waals surface area contributed by atoms with E-state index in [1.807, 2.05) is 24.4 Å². The molecule has 1 heterocycles. The molecule has 0 saturated heterocycles. The molecule has 3 nitrogen and oxygen atoms in total. The van der Waals surface area contributed by atoms with Gasteiger partial charge in [-0.3, -0.25) is 4.98 Å². The summed E-state index contributed by atoms with van der Waals surface area (Å²) in [5.41, 5.74) is 6.54. The van der Waals surface area contributed by atoms with Gasteiger partial charge in [0, 0.05) is 50.2 Å². The normalized spacial score (nSPS) is 12.8. The number of hydrogen-bond acceptors (Lipinski definition) is 3. The minimum absolute atomic E-state index is 0. The minimum atomic E-state index is -0.347. The Morgan fingerprint density at radius 1 is 0.600 bits per heavy atom. The van der Waals surface area contributed by atoms with Crippen LogP contribution in [0.5, 0.6) is 11.5 Å². The van der Waals surface area contributed by atoms with Crippen LogP contribution in [-0.2, 0) is 43.4 Å². The molecule has 0 aliphatic rings. The number of halogens is 2. The third-order valence-corrected chi connectivity index (χ3v) is 7.65. The maximum atomic E-state index is 6.33. The van der Waals surface area contributed by atoms with Gasteiger partial charge in [0.2, 0.25) is 0 Å². The molecule has 0 aliphatic heterocycles. The quantitative estimate of drug-likeness (QED) is 0.267. The molecule has 2 aromatic carbocycles. The second-order valence-electron chi connectivity index (χ2n) is 14.7. The second-order valence-corrected chi connectivity index (χ2v) is 15.0. The van der Waals surface area contributed by atoms with Crippen LogP contribution in [0.3, 0.4) is 0 Å². The van der Waals surface area contributed by atoms with E-state index >= 15 is 0 Å². The van der Waals surface area contributed by atoms with Crippen molar-refractivity contribution in [2.24, 2.45) is 0 Å². The van der Waals surface area contributed by atoms with Crippen molar-refractivity contribution in [1.29, 1.82) is 0 Å². The number of pyridine rings is 1. The van der Waals surface area contributed by atoms with Crippen LogP contribution < -0.4 is 8.58 Å². The zero-order chi connectivity index (χ0) is 29.6. The zero-order valence-electron chi connectivity index (χ0n) is 26.2. The first-order valence-electron chi connectivity index (χ1n) is 13.7. The molecule has 3 aromatic rings. The van der Waals surface area contributed by atoms with Gasteiger partial charge in [0.15, 0.2) is 11.5 Å². The van der Waals surface area contributed by atoms with E-state index in [2.05, 4.69) is 107 Å². The molecule has 6 heteroatoms. The predicted octanol–water partition coefficient (Wildman–Crippen LogP) is 10.5. The average Bonchev–Trinajstić information content (AvgIpc) is 2.81. The number of nitrogens with zero attached hydrogens (tertiary/aromatic N) is 1. The number of rotatable bonds is 5. The summed E-state index contributed by atoms with van der Waals surface area (Å²) < 4.78 is 11.5. The Hall–Kier alpha value is -1.52. The molecule has 0 bridgehead atoms. The smallest absolute Gasteiger partial charge is 0.154 e. The van der Waals surface area contributed by atoms with Crippen LogP contribution >= 0.6 is 23.7 Å². The molecule has 0 fully saturated rings. The van der Waals surface area contributed by atoms with Gasteiger partial charge in [0.1, 0.15) is 23.7 Å². The van der Waals surface area contributed by atoms with Crippen LogP contribution in [0, 0.1) is 0 Å². The molecule has 0 spiro atoms. The summed E-state index contributed by atoms with van der Waals surface area (Å²) >= 11 is 12.7. The van der Waals surface area contributed by atoms with Gasteiger partial charge in [-0.25, -0.2) is 0 Å². The summed E-state index contributed by atoms with van der Waals surface area (Å²) in [6.07, 6.45) is 1.82. The molecular weight excluding hydrogens is 573 g/mol. The van der Waals surface area contributed by atoms with Gasteiger partial charge in [-0.15, -0.1) is 0 Å². The van der Waals surface area contributed by atoms with Crippen LogP contribution in [0.25, 0.3) is 0 Å². The molecular formula is C34H45Cl2NO2Ti. The van der Waals surface area contributed by atoms with Crippen molar-refractivity contribution in [1.82, 2.24) is 4.98 Å². The van der Waals surface area contributed by atoms with E-state index in [0.717, 1.165) is 27.9 Å². The number of aromatic nitrogens is 1. The first kappa shape index (κ1) is 34.7. The largest absolute Gasteiger partial charge is 0.385 e. The molecule has 1 aromatic heterocycles. The predicted molar refractivity (Wildman–Crippen MR) is 166 cm³/mol. The van der Waals surface area contributed by atoms with Crippen molar-refractivity contribution in [2.75, 3.05) is 0 Å². The van der Waals surface area contributed by atoms with Gasteiger partial charge in [0.25, 0.3) is 0 Å². The second kappa shape index (κ2) is 12.4. The third kappa shape index (κ3) is 7.46. The van der Waals surface area contributed by atoms with E-state index in [4.69, 9.17) is 37.3 Å². The van der Waals surface area contributed by atoms with Gasteiger partial charge in [-0.2, -0.15) is 0 Å². The third-order valence-electron chi connectivity index (χ3n) is 7.34. The van der Waals surface area contributed by atoms with Crippen molar-refractivity contribution in [2.45, 2.75) is 111 Å². The molecule has 0 N–H and O–H groups in total. The van der Waals surface area contributed by atoms with Crippen LogP contribution in [0.2, 0.25) is 0 Å². The van der Waals surface area contributed by atoms with Crippen molar-refractivity contribution < 1.29 is 30.3 Å². The SMILES string of the molecule is CC(C)(C)c1cc(C(c2ccccn2)c2cc(C(C)(C)C)cc(C(C)(C)C)c2OCl)c(OCl)c(C(C)(C)C)c1.[Ti]. The van der Waals surface area contributed by atoms with Crippen LogP contribution in [0.15, 0.2) is 48.7 Å². The first-order chi connectivity index (χ1) is 17.8. The summed E-state index contributed by atoms with van der Waals surface area (Å²) in [6.45, 7) is 26.4. The maximum Gasteiger partial charge on any atom is 0.154 e. The molecule has 0 saturated carbocycles. The fraction of sp³-hybridized carbons (Fsp3) is 0.500. The molecule has 40 heavy (non-hydrogen) atoms. The Balaban J connectivity index is 0.00000560. The van der Waals surface area contributed by atoms with Crippen LogP contribution in [0.1, 0.15) is 128 Å². The monoisotopic (exact) mass is 617 g/mol. The number of hydrogen-bond donors (Lipinski definition) is 0. The topological polar surface area (TPSA) is 31.4 Å². The summed E-state index contributed by atoms with van der Waals surface area (Å²) in [5.74, 6) is 0.944. The van der Waals surface area contributed by atoms with Gasteiger partial charge in [-0.1, -0.05) is 113 Å². The Labute approximate surface area is 267 Å². The molecule has 3 rings (SSSR count). The van der Waals surface area contributed by atoms with Crippen molar-refractivity contribution in [3.63, 3.8) is 0 Å². The summed E-state index contributed by atoms with van der Waals surface area (Å²) in [4.78, 5) is 4.85. The molecule has 216 valence electrons. The van der Waals surface area contributed by atoms with Crippen molar-refractivity contribution in [3.05, 3.63) is 87.7 Å². The first-order valence-corrected chi connectivity index (χ1v) is 14.3. The molecule has 0 aliphatic carbocycles. The fourth-order valence-electron chi connectivity index (χ4n) is 4.92. The Kier molecular flexibility index (Phi) is 10.7. The van der Waals surface area contributed by atoms with E-state index < -0.39 is 0 Å². The molecule has 0 radical (unpaired) electrons. The van der Waals surface area contributed by atoms with Gasteiger partial charge in [0.05, 0.1) is 11.6 Å². The summed E-state index contributed by atoms with van der Waals surface area (Å²) in [6, 6.07) is 14.9. The van der Waals surface area contributed by atoms with Gasteiger partial charge >= 0.3 is 0 Å². The molecule has 0 amide bonds. The Morgan fingerprint density at radius 2 is 1.00 bits per heavy atom. The zero-order valence-corrected chi connectivity index (χ0v) is 29.3. The Bertz CT molecular complexity index is 1230. The molecule has 0 atom stereocenters. The van der Waals surface area contributed by atoms with E-state index in [0.29, 0.717) is 11.5 Å². The van der Waals surface area contributed by atoms with Crippen LogP contribution in [-0.4, -0.2) is 4.98 Å². The average molecular weight is 619 g/mol.